The second-order valence-corrected chi connectivity index (χ2v) is 5.78. The third-order valence-corrected chi connectivity index (χ3v) is 5.00. The summed E-state index contributed by atoms with van der Waals surface area (Å²) in [5.74, 6) is 0. The van der Waals surface area contributed by atoms with Gasteiger partial charge in [0.1, 0.15) is 0 Å². The molecule has 14 heavy (non-hydrogen) atoms. The SMILES string of the molecule is CC1CC2(CCCNC2)C(C)(C)N1C. The minimum Gasteiger partial charge on any atom is -0.316 e. The van der Waals surface area contributed by atoms with E-state index >= 15 is 0 Å². The highest BCUT2D eigenvalue weighted by atomic mass is 15.2. The van der Waals surface area contributed by atoms with Crippen molar-refractivity contribution in [1.29, 1.82) is 0 Å². The summed E-state index contributed by atoms with van der Waals surface area (Å²) in [7, 11) is 2.29. The standard InChI is InChI=1S/C12H24N2/c1-10-8-12(6-5-7-13-9-12)11(2,3)14(10)4/h10,13H,5-9H2,1-4H3. The second-order valence-electron chi connectivity index (χ2n) is 5.78. The van der Waals surface area contributed by atoms with E-state index < -0.39 is 0 Å². The summed E-state index contributed by atoms with van der Waals surface area (Å²) in [4.78, 5) is 2.57. The van der Waals surface area contributed by atoms with E-state index in [9.17, 15) is 0 Å². The molecule has 1 spiro atoms. The van der Waals surface area contributed by atoms with E-state index in [1.807, 2.05) is 0 Å². The fourth-order valence-electron chi connectivity index (χ4n) is 3.54. The molecule has 0 aromatic carbocycles. The molecule has 2 atom stereocenters. The summed E-state index contributed by atoms with van der Waals surface area (Å²) in [6, 6.07) is 0.741. The fourth-order valence-corrected chi connectivity index (χ4v) is 3.54. The molecule has 2 saturated heterocycles. The number of hydrogen-bond donors (Lipinski definition) is 1. The Morgan fingerprint density at radius 2 is 2.07 bits per heavy atom. The minimum atomic E-state index is 0.361. The number of hydrogen-bond acceptors (Lipinski definition) is 2. The molecule has 2 heterocycles. The largest absolute Gasteiger partial charge is 0.316 e. The normalized spacial score (nSPS) is 43.3. The zero-order valence-electron chi connectivity index (χ0n) is 10.1. The highest BCUT2D eigenvalue weighted by molar-refractivity contribution is 5.09. The zero-order valence-corrected chi connectivity index (χ0v) is 10.1. The van der Waals surface area contributed by atoms with E-state index in [1.54, 1.807) is 0 Å². The molecule has 0 bridgehead atoms. The molecule has 2 heteroatoms. The van der Waals surface area contributed by atoms with Gasteiger partial charge in [-0.05, 0) is 53.6 Å². The molecule has 0 radical (unpaired) electrons. The van der Waals surface area contributed by atoms with Crippen molar-refractivity contribution in [3.63, 3.8) is 0 Å². The minimum absolute atomic E-state index is 0.361. The zero-order chi connectivity index (χ0) is 10.4. The van der Waals surface area contributed by atoms with Crippen LogP contribution in [0.5, 0.6) is 0 Å². The van der Waals surface area contributed by atoms with Crippen molar-refractivity contribution in [2.24, 2.45) is 5.41 Å². The molecule has 0 aromatic rings. The number of piperidine rings is 1. The highest BCUT2D eigenvalue weighted by Crippen LogP contribution is 2.51. The van der Waals surface area contributed by atoms with E-state index in [2.05, 4.69) is 38.0 Å². The van der Waals surface area contributed by atoms with E-state index in [4.69, 9.17) is 0 Å². The molecule has 2 fully saturated rings. The summed E-state index contributed by atoms with van der Waals surface area (Å²) < 4.78 is 0. The van der Waals surface area contributed by atoms with Crippen molar-refractivity contribution < 1.29 is 0 Å². The third kappa shape index (κ3) is 1.24. The van der Waals surface area contributed by atoms with E-state index in [-0.39, 0.29) is 0 Å². The van der Waals surface area contributed by atoms with Crippen LogP contribution in [-0.4, -0.2) is 36.6 Å². The van der Waals surface area contributed by atoms with Crippen molar-refractivity contribution in [2.45, 2.75) is 51.6 Å². The van der Waals surface area contributed by atoms with Crippen molar-refractivity contribution >= 4 is 0 Å². The first-order valence-corrected chi connectivity index (χ1v) is 5.93. The van der Waals surface area contributed by atoms with Gasteiger partial charge in [0.05, 0.1) is 0 Å². The van der Waals surface area contributed by atoms with Gasteiger partial charge in [-0.1, -0.05) is 0 Å². The number of nitrogens with zero attached hydrogens (tertiary/aromatic N) is 1. The van der Waals surface area contributed by atoms with Gasteiger partial charge in [-0.15, -0.1) is 0 Å². The van der Waals surface area contributed by atoms with Gasteiger partial charge in [0.15, 0.2) is 0 Å². The van der Waals surface area contributed by atoms with Crippen LogP contribution < -0.4 is 5.32 Å². The molecular weight excluding hydrogens is 172 g/mol. The first-order valence-electron chi connectivity index (χ1n) is 5.93. The Hall–Kier alpha value is -0.0800. The lowest BCUT2D eigenvalue weighted by Crippen LogP contribution is -2.54. The van der Waals surface area contributed by atoms with Crippen molar-refractivity contribution in [3.8, 4) is 0 Å². The maximum Gasteiger partial charge on any atom is 0.0221 e. The first-order chi connectivity index (χ1) is 6.50. The van der Waals surface area contributed by atoms with Crippen LogP contribution in [0.1, 0.15) is 40.0 Å². The molecule has 2 rings (SSSR count). The Labute approximate surface area is 88.1 Å². The lowest BCUT2D eigenvalue weighted by Gasteiger charge is -2.47. The van der Waals surface area contributed by atoms with Gasteiger partial charge >= 0.3 is 0 Å². The first kappa shape index (κ1) is 10.4. The third-order valence-electron chi connectivity index (χ3n) is 5.00. The maximum absolute atomic E-state index is 3.59. The maximum atomic E-state index is 3.59. The van der Waals surface area contributed by atoms with E-state index in [1.165, 1.54) is 32.4 Å². The Kier molecular flexibility index (Phi) is 2.39. The second kappa shape index (κ2) is 3.21. The summed E-state index contributed by atoms with van der Waals surface area (Å²) in [6.45, 7) is 9.64. The summed E-state index contributed by atoms with van der Waals surface area (Å²) >= 11 is 0. The Balaban J connectivity index is 2.26. The van der Waals surface area contributed by atoms with Crippen molar-refractivity contribution in [3.05, 3.63) is 0 Å². The van der Waals surface area contributed by atoms with Gasteiger partial charge in [0.2, 0.25) is 0 Å². The van der Waals surface area contributed by atoms with Gasteiger partial charge in [0.25, 0.3) is 0 Å². The molecule has 0 aliphatic carbocycles. The molecular formula is C12H24N2. The monoisotopic (exact) mass is 196 g/mol. The number of nitrogens with one attached hydrogen (secondary N) is 1. The van der Waals surface area contributed by atoms with Crippen LogP contribution >= 0.6 is 0 Å². The molecule has 2 aliphatic rings. The van der Waals surface area contributed by atoms with Gasteiger partial charge < -0.3 is 5.32 Å². The molecule has 0 saturated carbocycles. The van der Waals surface area contributed by atoms with Gasteiger partial charge in [0, 0.05) is 23.5 Å². The summed E-state index contributed by atoms with van der Waals surface area (Å²) in [6.07, 6.45) is 4.12. The molecule has 2 aliphatic heterocycles. The van der Waals surface area contributed by atoms with Crippen LogP contribution in [0, 0.1) is 5.41 Å². The Morgan fingerprint density at radius 1 is 1.36 bits per heavy atom. The van der Waals surface area contributed by atoms with Crippen LogP contribution in [0.3, 0.4) is 0 Å². The van der Waals surface area contributed by atoms with Gasteiger partial charge in [-0.25, -0.2) is 0 Å². The topological polar surface area (TPSA) is 15.3 Å². The smallest absolute Gasteiger partial charge is 0.0221 e. The molecule has 2 unspecified atom stereocenters. The Morgan fingerprint density at radius 3 is 2.50 bits per heavy atom. The number of rotatable bonds is 0. The lowest BCUT2D eigenvalue weighted by molar-refractivity contribution is 0.0560. The molecule has 0 amide bonds. The van der Waals surface area contributed by atoms with E-state index in [0.29, 0.717) is 11.0 Å². The summed E-state index contributed by atoms with van der Waals surface area (Å²) in [5.41, 5.74) is 0.888. The Bertz CT molecular complexity index is 216. The highest BCUT2D eigenvalue weighted by Gasteiger charge is 2.54. The van der Waals surface area contributed by atoms with Crippen LogP contribution in [0.15, 0.2) is 0 Å². The predicted octanol–water partition coefficient (Wildman–Crippen LogP) is 1.86. The quantitative estimate of drug-likeness (QED) is 0.636. The average Bonchev–Trinajstić information content (AvgIpc) is 2.30. The van der Waals surface area contributed by atoms with Crippen LogP contribution in [0.2, 0.25) is 0 Å². The number of likely N-dealkylation sites (tertiary alicyclic amines) is 1. The van der Waals surface area contributed by atoms with Crippen molar-refractivity contribution in [1.82, 2.24) is 10.2 Å². The molecule has 0 aromatic heterocycles. The predicted molar refractivity (Wildman–Crippen MR) is 60.5 cm³/mol. The molecule has 82 valence electrons. The molecule has 2 nitrogen and oxygen atoms in total. The lowest BCUT2D eigenvalue weighted by atomic mass is 9.67. The van der Waals surface area contributed by atoms with E-state index in [0.717, 1.165) is 6.04 Å². The fraction of sp³-hybridized carbons (Fsp3) is 1.00. The molecule has 1 N–H and O–H groups in total. The average molecular weight is 196 g/mol. The van der Waals surface area contributed by atoms with Gasteiger partial charge in [-0.3, -0.25) is 4.90 Å². The summed E-state index contributed by atoms with van der Waals surface area (Å²) in [5, 5.41) is 3.59. The van der Waals surface area contributed by atoms with Crippen LogP contribution in [-0.2, 0) is 0 Å². The van der Waals surface area contributed by atoms with Crippen LogP contribution in [0.25, 0.3) is 0 Å². The van der Waals surface area contributed by atoms with Gasteiger partial charge in [-0.2, -0.15) is 0 Å². The van der Waals surface area contributed by atoms with Crippen LogP contribution in [0.4, 0.5) is 0 Å². The van der Waals surface area contributed by atoms with Crippen molar-refractivity contribution in [2.75, 3.05) is 20.1 Å².